The Morgan fingerprint density at radius 1 is 1.13 bits per heavy atom. The highest BCUT2D eigenvalue weighted by atomic mass is 35.5. The first kappa shape index (κ1) is 12.8. The predicted molar refractivity (Wildman–Crippen MR) is 62.0 cm³/mol. The standard InChI is InChI=1S/C9H11Cl2NO2S/c10-6-8(7-11)12-15(13,14)9-4-2-1-3-5-9/h1-5,8,12H,6-7H2. The monoisotopic (exact) mass is 267 g/mol. The van der Waals surface area contributed by atoms with Crippen LogP contribution in [0.3, 0.4) is 0 Å². The second kappa shape index (κ2) is 5.70. The minimum absolute atomic E-state index is 0.148. The first-order chi connectivity index (χ1) is 7.10. The Morgan fingerprint density at radius 2 is 1.67 bits per heavy atom. The van der Waals surface area contributed by atoms with Gasteiger partial charge in [0.15, 0.2) is 0 Å². The molecular weight excluding hydrogens is 257 g/mol. The van der Waals surface area contributed by atoms with Crippen LogP contribution in [0.2, 0.25) is 0 Å². The van der Waals surface area contributed by atoms with Crippen LogP contribution in [-0.4, -0.2) is 26.2 Å². The molecule has 0 fully saturated rings. The summed E-state index contributed by atoms with van der Waals surface area (Å²) < 4.78 is 25.9. The molecule has 0 spiro atoms. The molecule has 0 atom stereocenters. The molecular formula is C9H11Cl2NO2S. The smallest absolute Gasteiger partial charge is 0.207 e. The SMILES string of the molecule is O=S(=O)(NC(CCl)CCl)c1ccccc1. The van der Waals surface area contributed by atoms with Gasteiger partial charge >= 0.3 is 0 Å². The molecule has 6 heteroatoms. The van der Waals surface area contributed by atoms with Gasteiger partial charge in [-0.05, 0) is 12.1 Å². The first-order valence-corrected chi connectivity index (χ1v) is 6.84. The zero-order valence-electron chi connectivity index (χ0n) is 7.86. The molecule has 0 aliphatic rings. The van der Waals surface area contributed by atoms with Crippen molar-refractivity contribution in [2.75, 3.05) is 11.8 Å². The molecule has 1 N–H and O–H groups in total. The normalized spacial score (nSPS) is 11.9. The van der Waals surface area contributed by atoms with E-state index in [0.29, 0.717) is 0 Å². The summed E-state index contributed by atoms with van der Waals surface area (Å²) in [4.78, 5) is 0.213. The first-order valence-electron chi connectivity index (χ1n) is 4.29. The quantitative estimate of drug-likeness (QED) is 0.828. The summed E-state index contributed by atoms with van der Waals surface area (Å²) in [5, 5.41) is 0. The fourth-order valence-corrected chi connectivity index (χ4v) is 2.92. The summed E-state index contributed by atoms with van der Waals surface area (Å²) in [6, 6.07) is 7.65. The molecule has 0 saturated heterocycles. The van der Waals surface area contributed by atoms with E-state index in [1.165, 1.54) is 12.1 Å². The van der Waals surface area contributed by atoms with Crippen molar-refractivity contribution in [3.63, 3.8) is 0 Å². The Balaban J connectivity index is 2.85. The van der Waals surface area contributed by atoms with Crippen molar-refractivity contribution in [3.05, 3.63) is 30.3 Å². The van der Waals surface area contributed by atoms with E-state index in [0.717, 1.165) is 0 Å². The fourth-order valence-electron chi connectivity index (χ4n) is 0.991. The maximum absolute atomic E-state index is 11.7. The van der Waals surface area contributed by atoms with Crippen molar-refractivity contribution in [3.8, 4) is 0 Å². The molecule has 0 aliphatic heterocycles. The van der Waals surface area contributed by atoms with Crippen LogP contribution in [-0.2, 0) is 10.0 Å². The molecule has 0 aliphatic carbocycles. The topological polar surface area (TPSA) is 46.2 Å². The lowest BCUT2D eigenvalue weighted by Crippen LogP contribution is -2.37. The number of alkyl halides is 2. The molecule has 1 aromatic rings. The van der Waals surface area contributed by atoms with E-state index in [9.17, 15) is 8.42 Å². The van der Waals surface area contributed by atoms with Crippen molar-refractivity contribution in [2.24, 2.45) is 0 Å². The Morgan fingerprint density at radius 3 is 2.13 bits per heavy atom. The lowest BCUT2D eigenvalue weighted by atomic mass is 10.4. The summed E-state index contributed by atoms with van der Waals surface area (Å²) in [5.74, 6) is 0.297. The Bertz CT molecular complexity index is 390. The molecule has 0 saturated carbocycles. The summed E-state index contributed by atoms with van der Waals surface area (Å²) in [5.41, 5.74) is 0. The largest absolute Gasteiger partial charge is 0.240 e. The molecule has 15 heavy (non-hydrogen) atoms. The average Bonchev–Trinajstić information content (AvgIpc) is 2.27. The third kappa shape index (κ3) is 3.65. The van der Waals surface area contributed by atoms with Crippen LogP contribution in [0.15, 0.2) is 35.2 Å². The van der Waals surface area contributed by atoms with Crippen molar-refractivity contribution >= 4 is 33.2 Å². The minimum atomic E-state index is -3.50. The Hall–Kier alpha value is -0.290. The minimum Gasteiger partial charge on any atom is -0.207 e. The van der Waals surface area contributed by atoms with Crippen molar-refractivity contribution in [1.82, 2.24) is 4.72 Å². The van der Waals surface area contributed by atoms with E-state index in [-0.39, 0.29) is 16.7 Å². The van der Waals surface area contributed by atoms with E-state index >= 15 is 0 Å². The van der Waals surface area contributed by atoms with Crippen LogP contribution in [0.5, 0.6) is 0 Å². The average molecular weight is 268 g/mol. The fraction of sp³-hybridized carbons (Fsp3) is 0.333. The maximum atomic E-state index is 11.7. The number of halogens is 2. The van der Waals surface area contributed by atoms with Gasteiger partial charge in [0.2, 0.25) is 10.0 Å². The molecule has 0 unspecified atom stereocenters. The van der Waals surface area contributed by atoms with Crippen LogP contribution >= 0.6 is 23.2 Å². The van der Waals surface area contributed by atoms with Gasteiger partial charge in [-0.2, -0.15) is 0 Å². The zero-order chi connectivity index (χ0) is 11.3. The van der Waals surface area contributed by atoms with Gasteiger partial charge in [0.05, 0.1) is 4.90 Å². The Kier molecular flexibility index (Phi) is 4.86. The lowest BCUT2D eigenvalue weighted by Gasteiger charge is -2.12. The van der Waals surface area contributed by atoms with Crippen molar-refractivity contribution < 1.29 is 8.42 Å². The zero-order valence-corrected chi connectivity index (χ0v) is 10.2. The van der Waals surface area contributed by atoms with Gasteiger partial charge in [-0.25, -0.2) is 13.1 Å². The van der Waals surface area contributed by atoms with E-state index in [4.69, 9.17) is 23.2 Å². The molecule has 84 valence electrons. The number of rotatable bonds is 5. The van der Waals surface area contributed by atoms with Crippen molar-refractivity contribution in [2.45, 2.75) is 10.9 Å². The predicted octanol–water partition coefficient (Wildman–Crippen LogP) is 1.81. The van der Waals surface area contributed by atoms with Crippen LogP contribution in [0.25, 0.3) is 0 Å². The summed E-state index contributed by atoms with van der Waals surface area (Å²) >= 11 is 11.1. The van der Waals surface area contributed by atoms with Crippen LogP contribution in [0, 0.1) is 0 Å². The molecule has 0 bridgehead atoms. The van der Waals surface area contributed by atoms with Crippen LogP contribution in [0.1, 0.15) is 0 Å². The second-order valence-electron chi connectivity index (χ2n) is 2.94. The maximum Gasteiger partial charge on any atom is 0.240 e. The van der Waals surface area contributed by atoms with Gasteiger partial charge < -0.3 is 0 Å². The lowest BCUT2D eigenvalue weighted by molar-refractivity contribution is 0.571. The van der Waals surface area contributed by atoms with Gasteiger partial charge in [-0.3, -0.25) is 0 Å². The number of benzene rings is 1. The molecule has 1 rings (SSSR count). The van der Waals surface area contributed by atoms with Gasteiger partial charge in [-0.15, -0.1) is 23.2 Å². The number of hydrogen-bond donors (Lipinski definition) is 1. The molecule has 0 radical (unpaired) electrons. The number of hydrogen-bond acceptors (Lipinski definition) is 2. The third-order valence-electron chi connectivity index (χ3n) is 1.75. The van der Waals surface area contributed by atoms with Gasteiger partial charge in [0.25, 0.3) is 0 Å². The highest BCUT2D eigenvalue weighted by molar-refractivity contribution is 7.89. The second-order valence-corrected chi connectivity index (χ2v) is 5.27. The summed E-state index contributed by atoms with van der Waals surface area (Å²) in [6.07, 6.45) is 0. The number of sulfonamides is 1. The van der Waals surface area contributed by atoms with Crippen LogP contribution in [0.4, 0.5) is 0 Å². The molecule has 1 aromatic carbocycles. The highest BCUT2D eigenvalue weighted by Crippen LogP contribution is 2.08. The Labute approximate surface area is 99.4 Å². The highest BCUT2D eigenvalue weighted by Gasteiger charge is 2.18. The summed E-state index contributed by atoms with van der Waals surface area (Å²) in [7, 11) is -3.50. The molecule has 0 aromatic heterocycles. The van der Waals surface area contributed by atoms with Crippen molar-refractivity contribution in [1.29, 1.82) is 0 Å². The van der Waals surface area contributed by atoms with E-state index in [2.05, 4.69) is 4.72 Å². The molecule has 0 amide bonds. The molecule has 3 nitrogen and oxygen atoms in total. The third-order valence-corrected chi connectivity index (χ3v) is 4.03. The number of nitrogens with one attached hydrogen (secondary N) is 1. The van der Waals surface area contributed by atoms with Gasteiger partial charge in [0, 0.05) is 17.8 Å². The van der Waals surface area contributed by atoms with E-state index in [1.54, 1.807) is 18.2 Å². The van der Waals surface area contributed by atoms with E-state index < -0.39 is 16.1 Å². The van der Waals surface area contributed by atoms with Gasteiger partial charge in [0.1, 0.15) is 0 Å². The van der Waals surface area contributed by atoms with Crippen LogP contribution < -0.4 is 4.72 Å². The molecule has 0 heterocycles. The van der Waals surface area contributed by atoms with E-state index in [1.807, 2.05) is 0 Å². The van der Waals surface area contributed by atoms with Gasteiger partial charge in [-0.1, -0.05) is 18.2 Å². The summed E-state index contributed by atoms with van der Waals surface area (Å²) in [6.45, 7) is 0.